The summed E-state index contributed by atoms with van der Waals surface area (Å²) < 4.78 is 5.63. The fourth-order valence-corrected chi connectivity index (χ4v) is 3.11. The number of morpholine rings is 1. The Morgan fingerprint density at radius 1 is 1.42 bits per heavy atom. The van der Waals surface area contributed by atoms with E-state index in [1.54, 1.807) is 35.0 Å². The largest absolute Gasteiger partial charge is 0.480 e. The lowest BCUT2D eigenvalue weighted by atomic mass is 10.1. The first-order chi connectivity index (χ1) is 11.3. The number of benzene rings is 1. The molecule has 0 bridgehead atoms. The van der Waals surface area contributed by atoms with Gasteiger partial charge >= 0.3 is 5.97 Å². The van der Waals surface area contributed by atoms with Crippen LogP contribution in [-0.2, 0) is 20.7 Å². The second kappa shape index (κ2) is 8.67. The Bertz CT molecular complexity index is 612. The highest BCUT2D eigenvalue weighted by molar-refractivity contribution is 6.35. The van der Waals surface area contributed by atoms with Gasteiger partial charge in [-0.2, -0.15) is 0 Å². The highest BCUT2D eigenvalue weighted by atomic mass is 35.5. The summed E-state index contributed by atoms with van der Waals surface area (Å²) in [6.45, 7) is 1.79. The molecule has 2 rings (SSSR count). The smallest absolute Gasteiger partial charge is 0.317 e. The van der Waals surface area contributed by atoms with Crippen molar-refractivity contribution in [1.29, 1.82) is 0 Å². The number of carboxylic acids is 1. The number of hydrogen-bond donors (Lipinski definition) is 1. The summed E-state index contributed by atoms with van der Waals surface area (Å²) in [5.74, 6) is -0.924. The molecule has 1 atom stereocenters. The van der Waals surface area contributed by atoms with Crippen LogP contribution in [-0.4, -0.2) is 72.7 Å². The van der Waals surface area contributed by atoms with Gasteiger partial charge in [-0.3, -0.25) is 14.5 Å². The lowest BCUT2D eigenvalue weighted by Gasteiger charge is -2.34. The van der Waals surface area contributed by atoms with E-state index in [9.17, 15) is 9.59 Å². The van der Waals surface area contributed by atoms with Gasteiger partial charge in [-0.15, -0.1) is 0 Å². The van der Waals surface area contributed by atoms with Crippen molar-refractivity contribution in [3.05, 3.63) is 33.8 Å². The predicted molar refractivity (Wildman–Crippen MR) is 91.6 cm³/mol. The van der Waals surface area contributed by atoms with Crippen LogP contribution in [0.15, 0.2) is 18.2 Å². The van der Waals surface area contributed by atoms with E-state index in [2.05, 4.69) is 0 Å². The fourth-order valence-electron chi connectivity index (χ4n) is 2.64. The first-order valence-corrected chi connectivity index (χ1v) is 8.34. The number of amides is 1. The summed E-state index contributed by atoms with van der Waals surface area (Å²) in [5, 5.41) is 9.80. The molecule has 0 spiro atoms. The van der Waals surface area contributed by atoms with E-state index >= 15 is 0 Å². The molecule has 24 heavy (non-hydrogen) atoms. The molecule has 6 nitrogen and oxygen atoms in total. The Labute approximate surface area is 150 Å². The van der Waals surface area contributed by atoms with E-state index in [0.29, 0.717) is 36.3 Å². The van der Waals surface area contributed by atoms with E-state index in [0.717, 1.165) is 5.56 Å². The van der Waals surface area contributed by atoms with Gasteiger partial charge in [0.25, 0.3) is 0 Å². The molecule has 1 heterocycles. The molecule has 1 unspecified atom stereocenters. The summed E-state index contributed by atoms with van der Waals surface area (Å²) in [6, 6.07) is 5.08. The molecule has 0 aliphatic carbocycles. The maximum atomic E-state index is 12.5. The Balaban J connectivity index is 1.91. The summed E-state index contributed by atoms with van der Waals surface area (Å²) in [7, 11) is 1.71. The third-order valence-electron chi connectivity index (χ3n) is 3.77. The Morgan fingerprint density at radius 3 is 2.83 bits per heavy atom. The summed E-state index contributed by atoms with van der Waals surface area (Å²) >= 11 is 12.0. The van der Waals surface area contributed by atoms with E-state index in [1.165, 1.54) is 0 Å². The van der Waals surface area contributed by atoms with Gasteiger partial charge < -0.3 is 14.7 Å². The number of ether oxygens (including phenoxy) is 1. The molecule has 8 heteroatoms. The summed E-state index contributed by atoms with van der Waals surface area (Å²) in [4.78, 5) is 26.6. The van der Waals surface area contributed by atoms with Gasteiger partial charge in [0, 0.05) is 29.7 Å². The number of hydrogen-bond acceptors (Lipinski definition) is 4. The van der Waals surface area contributed by atoms with E-state index in [1.807, 2.05) is 0 Å². The molecule has 132 valence electrons. The minimum absolute atomic E-state index is 0.0339. The molecule has 0 radical (unpaired) electrons. The molecule has 1 amide bonds. The van der Waals surface area contributed by atoms with Crippen LogP contribution >= 0.6 is 23.2 Å². The van der Waals surface area contributed by atoms with Crippen molar-refractivity contribution in [2.45, 2.75) is 12.5 Å². The monoisotopic (exact) mass is 374 g/mol. The van der Waals surface area contributed by atoms with Crippen molar-refractivity contribution in [2.75, 3.05) is 39.8 Å². The number of carboxylic acid groups (broad SMARTS) is 1. The van der Waals surface area contributed by atoms with Gasteiger partial charge in [-0.05, 0) is 24.7 Å². The topological polar surface area (TPSA) is 70.1 Å². The zero-order chi connectivity index (χ0) is 17.7. The van der Waals surface area contributed by atoms with Crippen LogP contribution in [0.2, 0.25) is 10.0 Å². The van der Waals surface area contributed by atoms with Gasteiger partial charge in [0.2, 0.25) is 5.91 Å². The third kappa shape index (κ3) is 5.63. The van der Waals surface area contributed by atoms with Crippen LogP contribution in [0.4, 0.5) is 0 Å². The minimum Gasteiger partial charge on any atom is -0.480 e. The van der Waals surface area contributed by atoms with Crippen molar-refractivity contribution in [3.63, 3.8) is 0 Å². The highest BCUT2D eigenvalue weighted by Gasteiger charge is 2.25. The first kappa shape index (κ1) is 19.0. The van der Waals surface area contributed by atoms with Crippen molar-refractivity contribution < 1.29 is 19.4 Å². The Hall–Kier alpha value is -1.34. The molecule has 1 N–H and O–H groups in total. The molecular formula is C16H20Cl2N2O4. The van der Waals surface area contributed by atoms with Gasteiger partial charge in [0.15, 0.2) is 0 Å². The van der Waals surface area contributed by atoms with Gasteiger partial charge in [-0.25, -0.2) is 0 Å². The second-order valence-electron chi connectivity index (χ2n) is 5.84. The number of aliphatic carboxylic acids is 1. The summed E-state index contributed by atoms with van der Waals surface area (Å²) in [5.41, 5.74) is 0.733. The quantitative estimate of drug-likeness (QED) is 0.821. The molecule has 1 aromatic rings. The lowest BCUT2D eigenvalue weighted by Crippen LogP contribution is -2.50. The Morgan fingerprint density at radius 2 is 2.17 bits per heavy atom. The zero-order valence-electron chi connectivity index (χ0n) is 13.4. The number of nitrogens with zero attached hydrogens (tertiary/aromatic N) is 2. The van der Waals surface area contributed by atoms with Crippen molar-refractivity contribution in [1.82, 2.24) is 9.80 Å². The van der Waals surface area contributed by atoms with Crippen LogP contribution in [0.5, 0.6) is 0 Å². The number of carbonyl (C=O) groups excluding carboxylic acids is 1. The van der Waals surface area contributed by atoms with Crippen molar-refractivity contribution in [3.8, 4) is 0 Å². The molecule has 1 aromatic carbocycles. The minimum atomic E-state index is -0.890. The Kier molecular flexibility index (Phi) is 6.86. The van der Waals surface area contributed by atoms with Crippen LogP contribution in [0.1, 0.15) is 5.56 Å². The number of halogens is 2. The SMILES string of the molecule is CN(CC(=O)O)CC1CN(C(=O)Cc2ccc(Cl)cc2Cl)CCO1. The molecular weight excluding hydrogens is 355 g/mol. The molecule has 1 aliphatic rings. The van der Waals surface area contributed by atoms with Crippen molar-refractivity contribution in [2.24, 2.45) is 0 Å². The first-order valence-electron chi connectivity index (χ1n) is 7.59. The van der Waals surface area contributed by atoms with Crippen LogP contribution in [0.25, 0.3) is 0 Å². The zero-order valence-corrected chi connectivity index (χ0v) is 14.9. The van der Waals surface area contributed by atoms with Crippen LogP contribution in [0.3, 0.4) is 0 Å². The van der Waals surface area contributed by atoms with Crippen molar-refractivity contribution >= 4 is 35.1 Å². The fraction of sp³-hybridized carbons (Fsp3) is 0.500. The van der Waals surface area contributed by atoms with Crippen LogP contribution in [0, 0.1) is 0 Å². The molecule has 1 aliphatic heterocycles. The molecule has 1 fully saturated rings. The molecule has 0 aromatic heterocycles. The van der Waals surface area contributed by atoms with Gasteiger partial charge in [-0.1, -0.05) is 29.3 Å². The average Bonchev–Trinajstić information content (AvgIpc) is 2.49. The average molecular weight is 375 g/mol. The second-order valence-corrected chi connectivity index (χ2v) is 6.68. The van der Waals surface area contributed by atoms with E-state index < -0.39 is 5.97 Å². The van der Waals surface area contributed by atoms with Crippen LogP contribution < -0.4 is 0 Å². The molecule has 0 saturated carbocycles. The number of likely N-dealkylation sites (N-methyl/N-ethyl adjacent to an activating group) is 1. The van der Waals surface area contributed by atoms with E-state index in [-0.39, 0.29) is 25.0 Å². The van der Waals surface area contributed by atoms with Gasteiger partial charge in [0.05, 0.1) is 25.7 Å². The normalized spacial score (nSPS) is 18.0. The predicted octanol–water partition coefficient (Wildman–Crippen LogP) is 1.78. The lowest BCUT2D eigenvalue weighted by molar-refractivity contribution is -0.142. The summed E-state index contributed by atoms with van der Waals surface area (Å²) in [6.07, 6.45) is 0.000904. The highest BCUT2D eigenvalue weighted by Crippen LogP contribution is 2.22. The maximum Gasteiger partial charge on any atom is 0.317 e. The number of carbonyl (C=O) groups is 2. The maximum absolute atomic E-state index is 12.5. The number of rotatable bonds is 6. The molecule has 1 saturated heterocycles. The standard InChI is InChI=1S/C16H20Cl2N2O4/c1-19(10-16(22)23)8-13-9-20(4-5-24-13)15(21)6-11-2-3-12(17)7-14(11)18/h2-3,7,13H,4-6,8-10H2,1H3,(H,22,23). The van der Waals surface area contributed by atoms with E-state index in [4.69, 9.17) is 33.0 Å². The van der Waals surface area contributed by atoms with Gasteiger partial charge in [0.1, 0.15) is 0 Å². The third-order valence-corrected chi connectivity index (χ3v) is 4.36.